The van der Waals surface area contributed by atoms with Crippen molar-refractivity contribution in [3.05, 3.63) is 142 Å². The second-order valence-corrected chi connectivity index (χ2v) is 12.1. The van der Waals surface area contributed by atoms with Gasteiger partial charge in [-0.05, 0) is 76.2 Å². The van der Waals surface area contributed by atoms with Crippen LogP contribution in [0.5, 0.6) is 0 Å². The van der Waals surface area contributed by atoms with Crippen molar-refractivity contribution in [1.82, 2.24) is 0 Å². The summed E-state index contributed by atoms with van der Waals surface area (Å²) in [6, 6.07) is 24.1. The SMILES string of the molecule is Cc1ccc(C(=O)O[C@H](C(=O)O)[C@H](OC(=O)c2ccc(C)cc2)C(=O)O)cc1.Cc1ccc(C(=O)O[C@H](C(=O)O)[C@H](OC(=O)c2ccc(C)cc2)C(=O)O)cc1. The molecule has 0 bridgehead atoms. The standard InChI is InChI=1S/2C20H18O8/c2*1-11-3-7-13(8-4-11)19(25)27-15(17(21)22)16(18(23)24)28-20(26)14-9-5-12(2)6-10-14/h2*3-10,15-16H,1-2H3,(H,21,22)(H,23,24)/t2*15-,16-/m00/s1. The molecule has 4 aromatic rings. The third-order valence-electron chi connectivity index (χ3n) is 7.61. The molecule has 0 saturated heterocycles. The van der Waals surface area contributed by atoms with Crippen LogP contribution in [0.2, 0.25) is 0 Å². The van der Waals surface area contributed by atoms with Gasteiger partial charge in [0.05, 0.1) is 22.3 Å². The molecule has 0 amide bonds. The smallest absolute Gasteiger partial charge is 0.349 e. The zero-order valence-electron chi connectivity index (χ0n) is 30.2. The van der Waals surface area contributed by atoms with Crippen LogP contribution >= 0.6 is 0 Å². The number of carbonyl (C=O) groups is 8. The molecule has 4 aromatic carbocycles. The minimum atomic E-state index is -2.22. The quantitative estimate of drug-likeness (QED) is 0.102. The second kappa shape index (κ2) is 19.6. The van der Waals surface area contributed by atoms with Gasteiger partial charge < -0.3 is 39.4 Å². The van der Waals surface area contributed by atoms with E-state index in [2.05, 4.69) is 0 Å². The van der Waals surface area contributed by atoms with Gasteiger partial charge in [-0.25, -0.2) is 38.4 Å². The molecule has 292 valence electrons. The van der Waals surface area contributed by atoms with E-state index >= 15 is 0 Å². The fraction of sp³-hybridized carbons (Fsp3) is 0.200. The lowest BCUT2D eigenvalue weighted by molar-refractivity contribution is -0.166. The van der Waals surface area contributed by atoms with Gasteiger partial charge in [-0.1, -0.05) is 70.8 Å². The summed E-state index contributed by atoms with van der Waals surface area (Å²) < 4.78 is 19.3. The number of aryl methyl sites for hydroxylation is 4. The molecule has 16 heteroatoms. The van der Waals surface area contributed by atoms with Crippen LogP contribution in [-0.4, -0.2) is 92.6 Å². The van der Waals surface area contributed by atoms with E-state index in [4.69, 9.17) is 18.9 Å². The van der Waals surface area contributed by atoms with Crippen molar-refractivity contribution < 1.29 is 77.7 Å². The Morgan fingerprint density at radius 1 is 0.321 bits per heavy atom. The van der Waals surface area contributed by atoms with Crippen molar-refractivity contribution in [2.75, 3.05) is 0 Å². The van der Waals surface area contributed by atoms with Crippen LogP contribution in [-0.2, 0) is 38.1 Å². The van der Waals surface area contributed by atoms with Gasteiger partial charge in [-0.15, -0.1) is 0 Å². The molecule has 0 saturated carbocycles. The van der Waals surface area contributed by atoms with Gasteiger partial charge in [-0.3, -0.25) is 0 Å². The lowest BCUT2D eigenvalue weighted by atomic mass is 10.1. The number of carbonyl (C=O) groups excluding carboxylic acids is 4. The molecule has 0 aliphatic rings. The number of carboxylic acids is 4. The number of aliphatic carboxylic acids is 4. The number of hydrogen-bond acceptors (Lipinski definition) is 12. The van der Waals surface area contributed by atoms with Crippen molar-refractivity contribution in [2.45, 2.75) is 52.1 Å². The van der Waals surface area contributed by atoms with E-state index in [-0.39, 0.29) is 22.3 Å². The van der Waals surface area contributed by atoms with Gasteiger partial charge in [0.15, 0.2) is 0 Å². The molecule has 0 fully saturated rings. The number of benzene rings is 4. The van der Waals surface area contributed by atoms with E-state index in [9.17, 15) is 58.8 Å². The van der Waals surface area contributed by atoms with E-state index in [1.54, 1.807) is 76.2 Å². The first-order chi connectivity index (χ1) is 26.4. The van der Waals surface area contributed by atoms with Crippen molar-refractivity contribution >= 4 is 47.8 Å². The maximum atomic E-state index is 12.2. The Bertz CT molecular complexity index is 1770. The summed E-state index contributed by atoms with van der Waals surface area (Å²) in [5, 5.41) is 37.3. The van der Waals surface area contributed by atoms with E-state index < -0.39 is 72.2 Å². The number of ether oxygens (including phenoxy) is 4. The molecule has 0 spiro atoms. The molecule has 0 aliphatic heterocycles. The number of hydrogen-bond donors (Lipinski definition) is 4. The highest BCUT2D eigenvalue weighted by molar-refractivity contribution is 5.96. The lowest BCUT2D eigenvalue weighted by Crippen LogP contribution is -2.45. The first-order valence-electron chi connectivity index (χ1n) is 16.4. The van der Waals surface area contributed by atoms with Gasteiger partial charge in [0.1, 0.15) is 0 Å². The minimum absolute atomic E-state index is 0.0332. The normalized spacial score (nSPS) is 12.5. The van der Waals surface area contributed by atoms with E-state index in [0.717, 1.165) is 22.3 Å². The van der Waals surface area contributed by atoms with Crippen LogP contribution in [0.3, 0.4) is 0 Å². The first kappa shape index (κ1) is 43.0. The molecule has 4 rings (SSSR count). The van der Waals surface area contributed by atoms with Crippen molar-refractivity contribution in [2.24, 2.45) is 0 Å². The number of rotatable bonds is 14. The highest BCUT2D eigenvalue weighted by atomic mass is 16.6. The summed E-state index contributed by atoms with van der Waals surface area (Å²) in [6.45, 7) is 7.17. The Balaban J connectivity index is 0.000000300. The molecule has 0 radical (unpaired) electrons. The molecular weight excluding hydrogens is 736 g/mol. The zero-order valence-corrected chi connectivity index (χ0v) is 30.2. The monoisotopic (exact) mass is 772 g/mol. The molecular formula is C40H36O16. The van der Waals surface area contributed by atoms with Gasteiger partial charge in [0.25, 0.3) is 0 Å². The Kier molecular flexibility index (Phi) is 15.1. The molecule has 56 heavy (non-hydrogen) atoms. The van der Waals surface area contributed by atoms with Crippen LogP contribution in [0.1, 0.15) is 63.7 Å². The molecule has 0 aromatic heterocycles. The largest absolute Gasteiger partial charge is 0.478 e. The minimum Gasteiger partial charge on any atom is -0.478 e. The van der Waals surface area contributed by atoms with Gasteiger partial charge in [0.2, 0.25) is 24.4 Å². The lowest BCUT2D eigenvalue weighted by Gasteiger charge is -2.21. The Morgan fingerprint density at radius 3 is 0.589 bits per heavy atom. The fourth-order valence-corrected chi connectivity index (χ4v) is 4.46. The Labute approximate surface area is 318 Å². The predicted molar refractivity (Wildman–Crippen MR) is 192 cm³/mol. The summed E-state index contributed by atoms with van der Waals surface area (Å²) in [5.74, 6) is -11.2. The van der Waals surface area contributed by atoms with Gasteiger partial charge in [-0.2, -0.15) is 0 Å². The van der Waals surface area contributed by atoms with Gasteiger partial charge in [0, 0.05) is 0 Å². The average molecular weight is 773 g/mol. The number of esters is 4. The maximum Gasteiger partial charge on any atom is 0.349 e. The highest BCUT2D eigenvalue weighted by Crippen LogP contribution is 2.16. The van der Waals surface area contributed by atoms with Crippen molar-refractivity contribution in [3.63, 3.8) is 0 Å². The topological polar surface area (TPSA) is 254 Å². The molecule has 0 heterocycles. The van der Waals surface area contributed by atoms with Crippen LogP contribution in [0.4, 0.5) is 0 Å². The predicted octanol–water partition coefficient (Wildman–Crippen LogP) is 4.45. The fourth-order valence-electron chi connectivity index (χ4n) is 4.46. The van der Waals surface area contributed by atoms with E-state index in [1.807, 2.05) is 0 Å². The summed E-state index contributed by atoms with van der Waals surface area (Å²) >= 11 is 0. The van der Waals surface area contributed by atoms with Crippen LogP contribution in [0.25, 0.3) is 0 Å². The highest BCUT2D eigenvalue weighted by Gasteiger charge is 2.42. The Morgan fingerprint density at radius 2 is 0.464 bits per heavy atom. The summed E-state index contributed by atoms with van der Waals surface area (Å²) in [4.78, 5) is 94.7. The van der Waals surface area contributed by atoms with Gasteiger partial charge >= 0.3 is 47.8 Å². The van der Waals surface area contributed by atoms with Crippen LogP contribution < -0.4 is 0 Å². The Hall–Kier alpha value is -7.36. The molecule has 0 aliphatic carbocycles. The van der Waals surface area contributed by atoms with E-state index in [0.29, 0.717) is 0 Å². The first-order valence-corrected chi connectivity index (χ1v) is 16.4. The maximum absolute atomic E-state index is 12.2. The molecule has 4 atom stereocenters. The third-order valence-corrected chi connectivity index (χ3v) is 7.61. The van der Waals surface area contributed by atoms with Crippen LogP contribution in [0.15, 0.2) is 97.1 Å². The number of carboxylic acid groups (broad SMARTS) is 4. The molecule has 0 unspecified atom stereocenters. The summed E-state index contributed by atoms with van der Waals surface area (Å²) in [7, 11) is 0. The average Bonchev–Trinajstić information content (AvgIpc) is 3.15. The molecule has 16 nitrogen and oxygen atoms in total. The second-order valence-electron chi connectivity index (χ2n) is 12.1. The molecule has 4 N–H and O–H groups in total. The van der Waals surface area contributed by atoms with Crippen molar-refractivity contribution in [1.29, 1.82) is 0 Å². The zero-order chi connectivity index (χ0) is 41.7. The van der Waals surface area contributed by atoms with E-state index in [1.165, 1.54) is 48.5 Å². The van der Waals surface area contributed by atoms with Crippen LogP contribution in [0, 0.1) is 27.7 Å². The summed E-state index contributed by atoms with van der Waals surface area (Å²) in [6.07, 6.45) is -8.89. The third kappa shape index (κ3) is 12.4. The van der Waals surface area contributed by atoms with Crippen molar-refractivity contribution in [3.8, 4) is 0 Å². The summed E-state index contributed by atoms with van der Waals surface area (Å²) in [5.41, 5.74) is 3.58.